The normalized spacial score (nSPS) is 24.5. The van der Waals surface area contributed by atoms with Crippen LogP contribution in [-0.4, -0.2) is 48.0 Å². The lowest BCUT2D eigenvalue weighted by Crippen LogP contribution is -2.66. The maximum atomic E-state index is 13.6. The predicted molar refractivity (Wildman–Crippen MR) is 130 cm³/mol. The minimum Gasteiger partial charge on any atom is -0.493 e. The Morgan fingerprint density at radius 3 is 2.27 bits per heavy atom. The van der Waals surface area contributed by atoms with Crippen LogP contribution in [-0.2, 0) is 15.1 Å². The molecular weight excluding hydrogens is 454 g/mol. The summed E-state index contributed by atoms with van der Waals surface area (Å²) >= 11 is 2.76. The maximum absolute atomic E-state index is 13.6. The van der Waals surface area contributed by atoms with E-state index in [4.69, 9.17) is 9.47 Å². The standard InChI is InChI=1S/C26H30NO4S2/c28-25(26(29,22-9-4-17-32-22)23-10-5-18-33-23)31-24-19-20-11-14-27(24,15-12-20)13-6-16-30-21-7-2-1-3-8-21/h1-5,7-10,17-18,20,24,29H,6,11-16,19H2/q+1/t20?,24-,27?/m0/s1. The zero-order valence-electron chi connectivity index (χ0n) is 18.6. The van der Waals surface area contributed by atoms with Crippen LogP contribution in [0.5, 0.6) is 5.75 Å². The molecule has 3 saturated heterocycles. The monoisotopic (exact) mass is 484 g/mol. The van der Waals surface area contributed by atoms with Crippen LogP contribution in [0.15, 0.2) is 65.4 Å². The van der Waals surface area contributed by atoms with Crippen molar-refractivity contribution in [2.24, 2.45) is 5.92 Å². The molecule has 1 N–H and O–H groups in total. The number of hydrogen-bond acceptors (Lipinski definition) is 6. The molecule has 0 aliphatic carbocycles. The minimum absolute atomic E-state index is 0.215. The minimum atomic E-state index is -1.75. The fourth-order valence-electron chi connectivity index (χ4n) is 5.28. The van der Waals surface area contributed by atoms with Crippen LogP contribution in [0.25, 0.3) is 0 Å². The summed E-state index contributed by atoms with van der Waals surface area (Å²) in [6, 6.07) is 17.2. The van der Waals surface area contributed by atoms with E-state index in [9.17, 15) is 9.90 Å². The van der Waals surface area contributed by atoms with Crippen LogP contribution in [0.4, 0.5) is 0 Å². The molecule has 0 unspecified atom stereocenters. The number of esters is 1. The number of rotatable bonds is 9. The van der Waals surface area contributed by atoms with E-state index in [0.717, 1.165) is 42.7 Å². The molecular formula is C26H30NO4S2+. The van der Waals surface area contributed by atoms with Crippen LogP contribution < -0.4 is 4.74 Å². The van der Waals surface area contributed by atoms with Crippen molar-refractivity contribution in [1.82, 2.24) is 0 Å². The third-order valence-corrected chi connectivity index (χ3v) is 9.12. The molecule has 3 aliphatic rings. The number of quaternary nitrogens is 1. The van der Waals surface area contributed by atoms with Crippen LogP contribution in [0.2, 0.25) is 0 Å². The molecule has 7 heteroatoms. The molecule has 3 fully saturated rings. The van der Waals surface area contributed by atoms with Gasteiger partial charge in [0, 0.05) is 25.7 Å². The van der Waals surface area contributed by atoms with Crippen molar-refractivity contribution >= 4 is 28.6 Å². The van der Waals surface area contributed by atoms with Crippen molar-refractivity contribution < 1.29 is 23.9 Å². The molecule has 5 nitrogen and oxygen atoms in total. The van der Waals surface area contributed by atoms with Crippen molar-refractivity contribution in [2.45, 2.75) is 37.5 Å². The summed E-state index contributed by atoms with van der Waals surface area (Å²) in [6.45, 7) is 3.59. The highest BCUT2D eigenvalue weighted by molar-refractivity contribution is 7.12. The van der Waals surface area contributed by atoms with E-state index in [0.29, 0.717) is 22.3 Å². The van der Waals surface area contributed by atoms with Crippen molar-refractivity contribution in [3.63, 3.8) is 0 Å². The first-order chi connectivity index (χ1) is 16.1. The van der Waals surface area contributed by atoms with Crippen LogP contribution in [0, 0.1) is 5.92 Å². The van der Waals surface area contributed by atoms with Gasteiger partial charge >= 0.3 is 5.97 Å². The Bertz CT molecular complexity index is 993. The van der Waals surface area contributed by atoms with Crippen molar-refractivity contribution in [3.05, 3.63) is 75.1 Å². The van der Waals surface area contributed by atoms with E-state index in [1.165, 1.54) is 35.5 Å². The fourth-order valence-corrected chi connectivity index (χ4v) is 7.00. The third kappa shape index (κ3) is 4.47. The molecule has 0 radical (unpaired) electrons. The molecule has 2 bridgehead atoms. The number of carbonyl (C=O) groups excluding carboxylic acids is 1. The summed E-state index contributed by atoms with van der Waals surface area (Å²) < 4.78 is 12.9. The SMILES string of the molecule is O=C(O[C@H]1CC2CC[N+]1(CCCOc1ccccc1)CC2)C(O)(c1cccs1)c1cccs1. The number of aliphatic hydroxyl groups is 1. The molecule has 0 saturated carbocycles. The lowest BCUT2D eigenvalue weighted by molar-refractivity contribution is -0.984. The summed E-state index contributed by atoms with van der Waals surface area (Å²) in [7, 11) is 0. The number of nitrogens with zero attached hydrogens (tertiary/aromatic N) is 1. The molecule has 33 heavy (non-hydrogen) atoms. The third-order valence-electron chi connectivity index (χ3n) is 7.16. The molecule has 3 aliphatic heterocycles. The van der Waals surface area contributed by atoms with Gasteiger partial charge in [-0.3, -0.25) is 4.48 Å². The lowest BCUT2D eigenvalue weighted by Gasteiger charge is -2.53. The van der Waals surface area contributed by atoms with Crippen LogP contribution >= 0.6 is 22.7 Å². The summed E-state index contributed by atoms with van der Waals surface area (Å²) in [4.78, 5) is 14.8. The van der Waals surface area contributed by atoms with Crippen molar-refractivity contribution in [1.29, 1.82) is 0 Å². The number of thiophene rings is 2. The highest BCUT2D eigenvalue weighted by Crippen LogP contribution is 2.42. The summed E-state index contributed by atoms with van der Waals surface area (Å²) in [6.07, 6.45) is 3.90. The predicted octanol–water partition coefficient (Wildman–Crippen LogP) is 5.01. The average Bonchev–Trinajstić information content (AvgIpc) is 3.58. The lowest BCUT2D eigenvalue weighted by atomic mass is 9.84. The average molecular weight is 485 g/mol. The topological polar surface area (TPSA) is 55.8 Å². The largest absolute Gasteiger partial charge is 0.493 e. The zero-order valence-corrected chi connectivity index (χ0v) is 20.2. The second-order valence-electron chi connectivity index (χ2n) is 9.11. The Labute approximate surface area is 202 Å². The number of benzene rings is 1. The van der Waals surface area contributed by atoms with Gasteiger partial charge in [0.05, 0.1) is 36.0 Å². The second-order valence-corrected chi connectivity index (χ2v) is 11.0. The molecule has 0 spiro atoms. The van der Waals surface area contributed by atoms with Gasteiger partial charge in [0.1, 0.15) is 5.75 Å². The van der Waals surface area contributed by atoms with Gasteiger partial charge in [-0.15, -0.1) is 22.7 Å². The summed E-state index contributed by atoms with van der Waals surface area (Å²) in [5.41, 5.74) is -1.75. The Kier molecular flexibility index (Phi) is 6.56. The number of hydrogen-bond donors (Lipinski definition) is 1. The molecule has 1 atom stereocenters. The summed E-state index contributed by atoms with van der Waals surface area (Å²) in [5, 5.41) is 15.4. The summed E-state index contributed by atoms with van der Waals surface area (Å²) in [5.74, 6) is 0.928. The van der Waals surface area contributed by atoms with E-state index < -0.39 is 11.6 Å². The molecule has 6 rings (SSSR count). The number of carbonyl (C=O) groups is 1. The van der Waals surface area contributed by atoms with E-state index in [1.807, 2.05) is 65.4 Å². The fraction of sp³-hybridized carbons (Fsp3) is 0.423. The Balaban J connectivity index is 1.30. The van der Waals surface area contributed by atoms with E-state index in [-0.39, 0.29) is 6.23 Å². The first-order valence-electron chi connectivity index (χ1n) is 11.7. The number of para-hydroxylation sites is 1. The first-order valence-corrected chi connectivity index (χ1v) is 13.4. The maximum Gasteiger partial charge on any atom is 0.353 e. The van der Waals surface area contributed by atoms with Gasteiger partial charge in [-0.25, -0.2) is 4.79 Å². The molecule has 5 heterocycles. The smallest absolute Gasteiger partial charge is 0.353 e. The molecule has 2 aromatic heterocycles. The van der Waals surface area contributed by atoms with Gasteiger partial charge in [0.25, 0.3) is 0 Å². The van der Waals surface area contributed by atoms with Crippen LogP contribution in [0.1, 0.15) is 35.4 Å². The van der Waals surface area contributed by atoms with Crippen molar-refractivity contribution in [3.8, 4) is 5.75 Å². The van der Waals surface area contributed by atoms with Crippen molar-refractivity contribution in [2.75, 3.05) is 26.2 Å². The molecule has 3 aromatic rings. The van der Waals surface area contributed by atoms with Gasteiger partial charge in [-0.1, -0.05) is 30.3 Å². The highest BCUT2D eigenvalue weighted by atomic mass is 32.1. The highest BCUT2D eigenvalue weighted by Gasteiger charge is 2.52. The Morgan fingerprint density at radius 2 is 1.67 bits per heavy atom. The Hall–Kier alpha value is -2.19. The zero-order chi connectivity index (χ0) is 22.7. The van der Waals surface area contributed by atoms with E-state index in [1.54, 1.807) is 0 Å². The quantitative estimate of drug-likeness (QED) is 0.263. The van der Waals surface area contributed by atoms with Gasteiger partial charge in [-0.05, 0) is 40.9 Å². The number of ether oxygens (including phenoxy) is 2. The molecule has 174 valence electrons. The van der Waals surface area contributed by atoms with Gasteiger partial charge < -0.3 is 14.6 Å². The Morgan fingerprint density at radius 1 is 1.00 bits per heavy atom. The second kappa shape index (κ2) is 9.58. The molecule has 1 aromatic carbocycles. The first kappa shape index (κ1) is 22.6. The van der Waals surface area contributed by atoms with Gasteiger partial charge in [0.15, 0.2) is 0 Å². The van der Waals surface area contributed by atoms with Crippen LogP contribution in [0.3, 0.4) is 0 Å². The van der Waals surface area contributed by atoms with Gasteiger partial charge in [-0.2, -0.15) is 0 Å². The van der Waals surface area contributed by atoms with E-state index in [2.05, 4.69) is 0 Å². The van der Waals surface area contributed by atoms with Gasteiger partial charge in [0.2, 0.25) is 11.8 Å². The number of fused-ring (bicyclic) bond motifs is 3. The number of piperidine rings is 3. The molecule has 0 amide bonds. The van der Waals surface area contributed by atoms with E-state index >= 15 is 0 Å².